The molecule has 0 atom stereocenters. The standard InChI is InChI=1S/C13H16N4O3/c1-14-11-15-12(19-3)17-13(16-11)20-8-9-4-6-10(18-2)7-5-9/h4-7H,8H2,1-3H3,(H,14,15,16,17). The van der Waals surface area contributed by atoms with Gasteiger partial charge in [0.25, 0.3) is 0 Å². The van der Waals surface area contributed by atoms with E-state index in [0.29, 0.717) is 12.6 Å². The van der Waals surface area contributed by atoms with Crippen molar-refractivity contribution in [1.29, 1.82) is 0 Å². The van der Waals surface area contributed by atoms with Gasteiger partial charge in [-0.15, -0.1) is 4.98 Å². The monoisotopic (exact) mass is 276 g/mol. The van der Waals surface area contributed by atoms with Crippen LogP contribution in [-0.4, -0.2) is 36.2 Å². The third-order valence-corrected chi connectivity index (χ3v) is 2.53. The maximum Gasteiger partial charge on any atom is 0.324 e. The molecule has 0 radical (unpaired) electrons. The molecule has 2 rings (SSSR count). The Kier molecular flexibility index (Phi) is 4.54. The Hall–Kier alpha value is -2.57. The van der Waals surface area contributed by atoms with E-state index in [1.165, 1.54) is 7.11 Å². The van der Waals surface area contributed by atoms with Gasteiger partial charge in [-0.1, -0.05) is 12.1 Å². The highest BCUT2D eigenvalue weighted by molar-refractivity contribution is 5.28. The summed E-state index contributed by atoms with van der Waals surface area (Å²) in [6.45, 7) is 0.348. The summed E-state index contributed by atoms with van der Waals surface area (Å²) in [5, 5.41) is 2.82. The van der Waals surface area contributed by atoms with Gasteiger partial charge in [0.15, 0.2) is 0 Å². The molecule has 0 spiro atoms. The predicted molar refractivity (Wildman–Crippen MR) is 73.3 cm³/mol. The van der Waals surface area contributed by atoms with E-state index in [9.17, 15) is 0 Å². The summed E-state index contributed by atoms with van der Waals surface area (Å²) in [5.41, 5.74) is 0.983. The lowest BCUT2D eigenvalue weighted by Gasteiger charge is -2.07. The van der Waals surface area contributed by atoms with Crippen molar-refractivity contribution in [3.05, 3.63) is 29.8 Å². The molecule has 1 aromatic carbocycles. The van der Waals surface area contributed by atoms with Crippen molar-refractivity contribution in [3.63, 3.8) is 0 Å². The maximum atomic E-state index is 5.53. The smallest absolute Gasteiger partial charge is 0.324 e. The number of methoxy groups -OCH3 is 2. The van der Waals surface area contributed by atoms with Crippen LogP contribution in [0.2, 0.25) is 0 Å². The molecule has 0 amide bonds. The minimum atomic E-state index is 0.203. The Morgan fingerprint density at radius 2 is 1.65 bits per heavy atom. The Balaban J connectivity index is 2.05. The summed E-state index contributed by atoms with van der Waals surface area (Å²) >= 11 is 0. The van der Waals surface area contributed by atoms with E-state index in [2.05, 4.69) is 20.3 Å². The van der Waals surface area contributed by atoms with Crippen molar-refractivity contribution in [2.75, 3.05) is 26.6 Å². The van der Waals surface area contributed by atoms with Crippen molar-refractivity contribution in [3.8, 4) is 17.8 Å². The van der Waals surface area contributed by atoms with Gasteiger partial charge in [-0.05, 0) is 17.7 Å². The highest BCUT2D eigenvalue weighted by Crippen LogP contribution is 2.15. The van der Waals surface area contributed by atoms with Crippen LogP contribution in [0.15, 0.2) is 24.3 Å². The first-order valence-corrected chi connectivity index (χ1v) is 5.98. The molecule has 0 saturated heterocycles. The molecule has 1 N–H and O–H groups in total. The number of nitrogens with zero attached hydrogens (tertiary/aromatic N) is 3. The molecule has 0 saturated carbocycles. The molecular formula is C13H16N4O3. The molecule has 7 nitrogen and oxygen atoms in total. The minimum Gasteiger partial charge on any atom is -0.497 e. The van der Waals surface area contributed by atoms with Crippen LogP contribution in [0.5, 0.6) is 17.8 Å². The number of ether oxygens (including phenoxy) is 3. The lowest BCUT2D eigenvalue weighted by atomic mass is 10.2. The Morgan fingerprint density at radius 1 is 0.950 bits per heavy atom. The van der Waals surface area contributed by atoms with E-state index in [1.807, 2.05) is 24.3 Å². The fourth-order valence-electron chi connectivity index (χ4n) is 1.48. The highest BCUT2D eigenvalue weighted by Gasteiger charge is 2.07. The first kappa shape index (κ1) is 13.9. The Morgan fingerprint density at radius 3 is 2.25 bits per heavy atom. The van der Waals surface area contributed by atoms with Gasteiger partial charge >= 0.3 is 12.0 Å². The van der Waals surface area contributed by atoms with Gasteiger partial charge in [-0.3, -0.25) is 0 Å². The number of anilines is 1. The van der Waals surface area contributed by atoms with Crippen LogP contribution in [0.25, 0.3) is 0 Å². The van der Waals surface area contributed by atoms with Crippen LogP contribution in [0.3, 0.4) is 0 Å². The van der Waals surface area contributed by atoms with Crippen LogP contribution < -0.4 is 19.5 Å². The Labute approximate surface area is 116 Å². The van der Waals surface area contributed by atoms with Crippen molar-refractivity contribution < 1.29 is 14.2 Å². The van der Waals surface area contributed by atoms with E-state index in [0.717, 1.165) is 11.3 Å². The van der Waals surface area contributed by atoms with Crippen molar-refractivity contribution in [1.82, 2.24) is 15.0 Å². The zero-order valence-electron chi connectivity index (χ0n) is 11.6. The molecule has 20 heavy (non-hydrogen) atoms. The summed E-state index contributed by atoms with van der Waals surface area (Å²) in [6.07, 6.45) is 0. The van der Waals surface area contributed by atoms with Crippen LogP contribution in [0.1, 0.15) is 5.56 Å². The van der Waals surface area contributed by atoms with Crippen LogP contribution in [0, 0.1) is 0 Å². The number of benzene rings is 1. The molecule has 1 heterocycles. The fraction of sp³-hybridized carbons (Fsp3) is 0.308. The van der Waals surface area contributed by atoms with Gasteiger partial charge in [0.2, 0.25) is 5.95 Å². The normalized spacial score (nSPS) is 9.95. The average molecular weight is 276 g/mol. The minimum absolute atomic E-state index is 0.203. The third-order valence-electron chi connectivity index (χ3n) is 2.53. The van der Waals surface area contributed by atoms with E-state index >= 15 is 0 Å². The van der Waals surface area contributed by atoms with E-state index in [1.54, 1.807) is 14.2 Å². The van der Waals surface area contributed by atoms with Gasteiger partial charge in [-0.25, -0.2) is 0 Å². The topological polar surface area (TPSA) is 78.4 Å². The van der Waals surface area contributed by atoms with Gasteiger partial charge in [0.05, 0.1) is 14.2 Å². The van der Waals surface area contributed by atoms with Crippen molar-refractivity contribution >= 4 is 5.95 Å². The lowest BCUT2D eigenvalue weighted by molar-refractivity contribution is 0.271. The molecule has 0 aliphatic rings. The second kappa shape index (κ2) is 6.55. The first-order valence-electron chi connectivity index (χ1n) is 5.98. The van der Waals surface area contributed by atoms with E-state index < -0.39 is 0 Å². The van der Waals surface area contributed by atoms with Crippen molar-refractivity contribution in [2.45, 2.75) is 6.61 Å². The fourth-order valence-corrected chi connectivity index (χ4v) is 1.48. The number of nitrogens with one attached hydrogen (secondary N) is 1. The highest BCUT2D eigenvalue weighted by atomic mass is 16.5. The molecule has 0 aliphatic carbocycles. The van der Waals surface area contributed by atoms with Crippen LogP contribution >= 0.6 is 0 Å². The summed E-state index contributed by atoms with van der Waals surface area (Å²) < 4.78 is 15.6. The summed E-state index contributed by atoms with van der Waals surface area (Å²) in [5.74, 6) is 1.19. The molecule has 106 valence electrons. The molecule has 0 bridgehead atoms. The zero-order chi connectivity index (χ0) is 14.4. The largest absolute Gasteiger partial charge is 0.497 e. The zero-order valence-corrected chi connectivity index (χ0v) is 11.6. The van der Waals surface area contributed by atoms with E-state index in [4.69, 9.17) is 14.2 Å². The van der Waals surface area contributed by atoms with Gasteiger partial charge < -0.3 is 19.5 Å². The van der Waals surface area contributed by atoms with Crippen LogP contribution in [-0.2, 0) is 6.61 Å². The summed E-state index contributed by atoms with van der Waals surface area (Å²) in [7, 11) is 4.83. The van der Waals surface area contributed by atoms with E-state index in [-0.39, 0.29) is 12.0 Å². The van der Waals surface area contributed by atoms with Gasteiger partial charge in [-0.2, -0.15) is 9.97 Å². The number of hydrogen-bond acceptors (Lipinski definition) is 7. The molecule has 7 heteroatoms. The molecule has 1 aromatic heterocycles. The second-order valence-corrected chi connectivity index (χ2v) is 3.82. The third kappa shape index (κ3) is 3.47. The van der Waals surface area contributed by atoms with Crippen LogP contribution in [0.4, 0.5) is 5.95 Å². The summed E-state index contributed by atoms with van der Waals surface area (Å²) in [4.78, 5) is 12.1. The first-order chi connectivity index (χ1) is 9.75. The lowest BCUT2D eigenvalue weighted by Crippen LogP contribution is -2.05. The molecule has 2 aromatic rings. The molecule has 0 aliphatic heterocycles. The second-order valence-electron chi connectivity index (χ2n) is 3.82. The predicted octanol–water partition coefficient (Wildman–Crippen LogP) is 1.51. The van der Waals surface area contributed by atoms with Gasteiger partial charge in [0.1, 0.15) is 12.4 Å². The SMILES string of the molecule is CNc1nc(OC)nc(OCc2ccc(OC)cc2)n1. The number of rotatable bonds is 6. The number of hydrogen-bond donors (Lipinski definition) is 1. The quantitative estimate of drug-likeness (QED) is 0.856. The maximum absolute atomic E-state index is 5.53. The average Bonchev–Trinajstić information content (AvgIpc) is 2.53. The molecule has 0 fully saturated rings. The molecular weight excluding hydrogens is 260 g/mol. The van der Waals surface area contributed by atoms with Crippen molar-refractivity contribution in [2.24, 2.45) is 0 Å². The Bertz CT molecular complexity index is 538. The molecule has 0 unspecified atom stereocenters. The number of aromatic nitrogens is 3. The van der Waals surface area contributed by atoms with Gasteiger partial charge in [0, 0.05) is 7.05 Å². The summed E-state index contributed by atoms with van der Waals surface area (Å²) in [6, 6.07) is 7.97.